The van der Waals surface area contributed by atoms with Gasteiger partial charge in [-0.15, -0.1) is 0 Å². The normalized spacial score (nSPS) is 11.3. The van der Waals surface area contributed by atoms with E-state index in [1.54, 1.807) is 18.7 Å². The van der Waals surface area contributed by atoms with Gasteiger partial charge in [0.2, 0.25) is 0 Å². The van der Waals surface area contributed by atoms with Gasteiger partial charge in [-0.1, -0.05) is 51.7 Å². The summed E-state index contributed by atoms with van der Waals surface area (Å²) in [6.45, 7) is 5.33. The first-order valence-electron chi connectivity index (χ1n) is 10.8. The summed E-state index contributed by atoms with van der Waals surface area (Å²) in [5.41, 5.74) is 1.33. The third-order valence-corrected chi connectivity index (χ3v) is 5.61. The van der Waals surface area contributed by atoms with E-state index in [2.05, 4.69) is 6.92 Å². The molecule has 0 radical (unpaired) electrons. The van der Waals surface area contributed by atoms with Gasteiger partial charge in [0.1, 0.15) is 11.6 Å². The third kappa shape index (κ3) is 4.35. The molecule has 1 aromatic carbocycles. The Hall–Kier alpha value is -2.83. The Morgan fingerprint density at radius 1 is 0.967 bits per heavy atom. The molecule has 30 heavy (non-hydrogen) atoms. The molecule has 0 unspecified atom stereocenters. The number of nitrogens with zero attached hydrogens (tertiary/aromatic N) is 4. The molecule has 0 saturated carbocycles. The minimum Gasteiger partial charge on any atom is -0.497 e. The average molecular weight is 413 g/mol. The van der Waals surface area contributed by atoms with Crippen molar-refractivity contribution in [1.82, 2.24) is 18.7 Å². The lowest BCUT2D eigenvalue weighted by Gasteiger charge is -2.11. The van der Waals surface area contributed by atoms with E-state index in [0.717, 1.165) is 36.5 Å². The average Bonchev–Trinajstić information content (AvgIpc) is 3.14. The number of benzene rings is 1. The van der Waals surface area contributed by atoms with Gasteiger partial charge in [-0.05, 0) is 24.1 Å². The number of methoxy groups -OCH3 is 1. The Morgan fingerprint density at radius 2 is 1.67 bits per heavy atom. The molecular formula is C23H32N4O3. The molecule has 0 atom stereocenters. The van der Waals surface area contributed by atoms with E-state index in [9.17, 15) is 9.59 Å². The zero-order chi connectivity index (χ0) is 21.7. The Balaban J connectivity index is 2.04. The maximum absolute atomic E-state index is 13.0. The van der Waals surface area contributed by atoms with Crippen LogP contribution < -0.4 is 16.0 Å². The highest BCUT2D eigenvalue weighted by Crippen LogP contribution is 2.17. The van der Waals surface area contributed by atoms with Gasteiger partial charge >= 0.3 is 5.69 Å². The molecule has 162 valence electrons. The zero-order valence-electron chi connectivity index (χ0n) is 18.5. The van der Waals surface area contributed by atoms with Gasteiger partial charge < -0.3 is 9.30 Å². The van der Waals surface area contributed by atoms with Crippen molar-refractivity contribution in [2.45, 2.75) is 65.5 Å². The van der Waals surface area contributed by atoms with Crippen molar-refractivity contribution in [3.05, 3.63) is 56.5 Å². The molecular weight excluding hydrogens is 380 g/mol. The lowest BCUT2D eigenvalue weighted by Crippen LogP contribution is -2.39. The maximum atomic E-state index is 13.0. The predicted octanol–water partition coefficient (Wildman–Crippen LogP) is 3.49. The van der Waals surface area contributed by atoms with Gasteiger partial charge in [-0.2, -0.15) is 0 Å². The van der Waals surface area contributed by atoms with E-state index in [-0.39, 0.29) is 11.2 Å². The van der Waals surface area contributed by atoms with Crippen LogP contribution in [0.1, 0.15) is 57.3 Å². The summed E-state index contributed by atoms with van der Waals surface area (Å²) < 4.78 is 10.0. The summed E-state index contributed by atoms with van der Waals surface area (Å²) in [6.07, 6.45) is 6.47. The number of rotatable bonds is 10. The minimum absolute atomic E-state index is 0.276. The number of aryl methyl sites for hydroxylation is 2. The molecule has 0 saturated heterocycles. The quantitative estimate of drug-likeness (QED) is 0.478. The first-order chi connectivity index (χ1) is 14.5. The van der Waals surface area contributed by atoms with E-state index in [1.165, 1.54) is 23.8 Å². The van der Waals surface area contributed by atoms with E-state index in [4.69, 9.17) is 9.72 Å². The van der Waals surface area contributed by atoms with Crippen LogP contribution in [0.4, 0.5) is 0 Å². The van der Waals surface area contributed by atoms with Crippen LogP contribution in [0, 0.1) is 0 Å². The number of hydrogen-bond acceptors (Lipinski definition) is 4. The second-order valence-electron chi connectivity index (χ2n) is 7.70. The van der Waals surface area contributed by atoms with Crippen LogP contribution in [0.2, 0.25) is 0 Å². The van der Waals surface area contributed by atoms with Crippen molar-refractivity contribution in [1.29, 1.82) is 0 Å². The molecule has 0 N–H and O–H groups in total. The zero-order valence-corrected chi connectivity index (χ0v) is 18.5. The van der Waals surface area contributed by atoms with Gasteiger partial charge in [-0.25, -0.2) is 9.78 Å². The highest BCUT2D eigenvalue weighted by Gasteiger charge is 2.19. The van der Waals surface area contributed by atoms with Crippen LogP contribution in [-0.2, 0) is 26.6 Å². The summed E-state index contributed by atoms with van der Waals surface area (Å²) >= 11 is 0. The summed E-state index contributed by atoms with van der Waals surface area (Å²) in [7, 11) is 3.16. The van der Waals surface area contributed by atoms with Crippen LogP contribution >= 0.6 is 0 Å². The maximum Gasteiger partial charge on any atom is 0.332 e. The van der Waals surface area contributed by atoms with Crippen LogP contribution in [0.5, 0.6) is 5.75 Å². The molecule has 0 bridgehead atoms. The first kappa shape index (κ1) is 21.9. The molecule has 3 rings (SSSR count). The predicted molar refractivity (Wildman–Crippen MR) is 119 cm³/mol. The van der Waals surface area contributed by atoms with Crippen LogP contribution in [0.3, 0.4) is 0 Å². The van der Waals surface area contributed by atoms with E-state index in [1.807, 2.05) is 35.8 Å². The fourth-order valence-corrected chi connectivity index (χ4v) is 3.84. The Morgan fingerprint density at radius 3 is 2.30 bits per heavy atom. The smallest absolute Gasteiger partial charge is 0.332 e. The Labute approximate surface area is 176 Å². The van der Waals surface area contributed by atoms with Gasteiger partial charge in [0.05, 0.1) is 13.7 Å². The van der Waals surface area contributed by atoms with Crippen molar-refractivity contribution >= 4 is 11.2 Å². The fraction of sp³-hybridized carbons (Fsp3) is 0.522. The number of imidazole rings is 1. The SMILES string of the molecule is CCCCCCCn1c(CC)nc2c1c(=O)n(C)c(=O)n2Cc1ccc(OC)cc1. The van der Waals surface area contributed by atoms with Crippen molar-refractivity contribution < 1.29 is 4.74 Å². The molecule has 0 fully saturated rings. The second kappa shape index (κ2) is 9.78. The van der Waals surface area contributed by atoms with Gasteiger partial charge in [0, 0.05) is 20.0 Å². The standard InChI is InChI=1S/C23H32N4O3/c1-5-7-8-9-10-15-26-19(6-2)24-21-20(26)22(28)25(3)23(29)27(21)16-17-11-13-18(30-4)14-12-17/h11-14H,5-10,15-16H2,1-4H3. The Kier molecular flexibility index (Phi) is 7.13. The number of ether oxygens (including phenoxy) is 1. The molecule has 0 aliphatic carbocycles. The first-order valence-corrected chi connectivity index (χ1v) is 10.8. The summed E-state index contributed by atoms with van der Waals surface area (Å²) in [5, 5.41) is 0. The molecule has 0 aliphatic rings. The highest BCUT2D eigenvalue weighted by molar-refractivity contribution is 5.71. The van der Waals surface area contributed by atoms with Crippen LogP contribution in [0.25, 0.3) is 11.2 Å². The number of aromatic nitrogens is 4. The molecule has 3 aromatic rings. The number of fused-ring (bicyclic) bond motifs is 1. The van der Waals surface area contributed by atoms with Gasteiger partial charge in [0.15, 0.2) is 11.2 Å². The second-order valence-corrected chi connectivity index (χ2v) is 7.70. The molecule has 0 aliphatic heterocycles. The Bertz CT molecular complexity index is 1110. The van der Waals surface area contributed by atoms with Crippen molar-refractivity contribution in [2.75, 3.05) is 7.11 Å². The molecule has 7 heteroatoms. The highest BCUT2D eigenvalue weighted by atomic mass is 16.5. The molecule has 7 nitrogen and oxygen atoms in total. The van der Waals surface area contributed by atoms with E-state index >= 15 is 0 Å². The third-order valence-electron chi connectivity index (χ3n) is 5.61. The number of hydrogen-bond donors (Lipinski definition) is 0. The molecule has 2 heterocycles. The minimum atomic E-state index is -0.349. The monoisotopic (exact) mass is 412 g/mol. The lowest BCUT2D eigenvalue weighted by atomic mass is 10.1. The van der Waals surface area contributed by atoms with E-state index < -0.39 is 0 Å². The van der Waals surface area contributed by atoms with Crippen molar-refractivity contribution in [3.63, 3.8) is 0 Å². The summed E-state index contributed by atoms with van der Waals surface area (Å²) in [5.74, 6) is 1.61. The fourth-order valence-electron chi connectivity index (χ4n) is 3.84. The van der Waals surface area contributed by atoms with Gasteiger partial charge in [-0.3, -0.25) is 13.9 Å². The van der Waals surface area contributed by atoms with Crippen molar-refractivity contribution in [2.24, 2.45) is 7.05 Å². The topological polar surface area (TPSA) is 71.0 Å². The summed E-state index contributed by atoms with van der Waals surface area (Å²) in [6, 6.07) is 7.58. The number of unbranched alkanes of at least 4 members (excludes halogenated alkanes) is 4. The van der Waals surface area contributed by atoms with Crippen LogP contribution in [-0.4, -0.2) is 25.8 Å². The largest absolute Gasteiger partial charge is 0.497 e. The van der Waals surface area contributed by atoms with Crippen molar-refractivity contribution in [3.8, 4) is 5.75 Å². The summed E-state index contributed by atoms with van der Waals surface area (Å²) in [4.78, 5) is 30.6. The van der Waals surface area contributed by atoms with Crippen LogP contribution in [0.15, 0.2) is 33.9 Å². The lowest BCUT2D eigenvalue weighted by molar-refractivity contribution is 0.414. The van der Waals surface area contributed by atoms with Gasteiger partial charge in [0.25, 0.3) is 5.56 Å². The molecule has 0 spiro atoms. The molecule has 2 aromatic heterocycles. The van der Waals surface area contributed by atoms with E-state index in [0.29, 0.717) is 24.1 Å². The molecule has 0 amide bonds.